The van der Waals surface area contributed by atoms with Crippen molar-refractivity contribution in [2.24, 2.45) is 0 Å². The van der Waals surface area contributed by atoms with Crippen LogP contribution in [0, 0.1) is 11.3 Å². The number of furan rings is 1. The second-order valence-electron chi connectivity index (χ2n) is 4.62. The molecule has 2 N–H and O–H groups in total. The number of benzene rings is 1. The van der Waals surface area contributed by atoms with Crippen LogP contribution in [-0.2, 0) is 0 Å². The summed E-state index contributed by atoms with van der Waals surface area (Å²) < 4.78 is 5.27. The molecule has 2 aromatic heterocycles. The Bertz CT molecular complexity index is 937. The van der Waals surface area contributed by atoms with E-state index in [4.69, 9.17) is 14.8 Å². The Labute approximate surface area is 139 Å². The van der Waals surface area contributed by atoms with Crippen LogP contribution in [0.4, 0.5) is 9.93 Å². The van der Waals surface area contributed by atoms with Gasteiger partial charge in [-0.2, -0.15) is 5.26 Å². The number of nitrogens with zero attached hydrogens (tertiary/aromatic N) is 2. The number of hydrogen-bond acceptors (Lipinski definition) is 6. The van der Waals surface area contributed by atoms with Crippen LogP contribution < -0.4 is 5.32 Å². The summed E-state index contributed by atoms with van der Waals surface area (Å²) in [5.41, 5.74) is 1.07. The minimum atomic E-state index is -1.27. The number of carbonyl (C=O) groups excluding carboxylic acids is 1. The van der Waals surface area contributed by atoms with Gasteiger partial charge in [0.25, 0.3) is 0 Å². The number of nitrogens with one attached hydrogen (secondary N) is 1. The van der Waals surface area contributed by atoms with Gasteiger partial charge in [-0.15, -0.1) is 0 Å². The molecule has 0 aliphatic heterocycles. The van der Waals surface area contributed by atoms with E-state index in [1.54, 1.807) is 12.1 Å². The Morgan fingerprint density at radius 3 is 2.58 bits per heavy atom. The molecule has 3 rings (SSSR count). The average molecular weight is 339 g/mol. The zero-order valence-electron chi connectivity index (χ0n) is 12.0. The van der Waals surface area contributed by atoms with Crippen molar-refractivity contribution in [1.29, 1.82) is 5.26 Å². The summed E-state index contributed by atoms with van der Waals surface area (Å²) in [5.74, 6) is 0.0310. The number of amides is 1. The molecule has 118 valence electrons. The van der Waals surface area contributed by atoms with Crippen LogP contribution in [0.1, 0.15) is 20.8 Å². The molecule has 8 heteroatoms. The summed E-state index contributed by atoms with van der Waals surface area (Å²) in [4.78, 5) is 27.9. The van der Waals surface area contributed by atoms with Crippen molar-refractivity contribution in [2.45, 2.75) is 0 Å². The molecule has 0 saturated carbocycles. The van der Waals surface area contributed by atoms with Crippen molar-refractivity contribution in [1.82, 2.24) is 4.98 Å². The van der Waals surface area contributed by atoms with Crippen LogP contribution in [-0.4, -0.2) is 22.0 Å². The fourth-order valence-corrected chi connectivity index (χ4v) is 2.95. The molecule has 0 unspecified atom stereocenters. The van der Waals surface area contributed by atoms with Crippen molar-refractivity contribution in [3.8, 4) is 17.5 Å². The van der Waals surface area contributed by atoms with Gasteiger partial charge in [0.2, 0.25) is 5.78 Å². The van der Waals surface area contributed by atoms with Gasteiger partial charge in [-0.1, -0.05) is 11.3 Å². The first-order valence-corrected chi connectivity index (χ1v) is 7.49. The minimum Gasteiger partial charge on any atom is -0.465 e. The van der Waals surface area contributed by atoms with Crippen LogP contribution >= 0.6 is 11.3 Å². The van der Waals surface area contributed by atoms with Crippen LogP contribution in [0.3, 0.4) is 0 Å². The maximum Gasteiger partial charge on any atom is 0.410 e. The van der Waals surface area contributed by atoms with Gasteiger partial charge < -0.3 is 9.52 Å². The van der Waals surface area contributed by atoms with Gasteiger partial charge in [0.05, 0.1) is 17.9 Å². The van der Waals surface area contributed by atoms with E-state index >= 15 is 0 Å². The predicted octanol–water partition coefficient (Wildman–Crippen LogP) is 3.60. The molecule has 0 radical (unpaired) electrons. The number of thiazole rings is 1. The smallest absolute Gasteiger partial charge is 0.410 e. The molecule has 0 spiro atoms. The maximum absolute atomic E-state index is 12.7. The average Bonchev–Trinajstić information content (AvgIpc) is 3.23. The number of aromatic nitrogens is 1. The molecule has 3 aromatic rings. The number of ketones is 1. The Kier molecular flexibility index (Phi) is 4.09. The lowest BCUT2D eigenvalue weighted by atomic mass is 10.1. The molecule has 0 fully saturated rings. The molecule has 0 bridgehead atoms. The maximum atomic E-state index is 12.7. The van der Waals surface area contributed by atoms with Gasteiger partial charge >= 0.3 is 6.09 Å². The monoisotopic (exact) mass is 339 g/mol. The molecule has 0 aliphatic carbocycles. The summed E-state index contributed by atoms with van der Waals surface area (Å²) in [6, 6.07) is 11.4. The first kappa shape index (κ1) is 15.5. The molecular formula is C16H9N3O4S. The summed E-state index contributed by atoms with van der Waals surface area (Å²) in [6.07, 6.45) is 0.168. The van der Waals surface area contributed by atoms with Gasteiger partial charge in [0.1, 0.15) is 10.6 Å². The number of hydrogen-bond donors (Lipinski definition) is 2. The molecule has 0 atom stereocenters. The third-order valence-corrected chi connectivity index (χ3v) is 4.05. The van der Waals surface area contributed by atoms with Crippen molar-refractivity contribution in [3.63, 3.8) is 0 Å². The first-order chi connectivity index (χ1) is 11.6. The van der Waals surface area contributed by atoms with Crippen molar-refractivity contribution >= 4 is 28.3 Å². The van der Waals surface area contributed by atoms with E-state index < -0.39 is 6.09 Å². The summed E-state index contributed by atoms with van der Waals surface area (Å²) in [5, 5.41) is 19.9. The number of anilines is 1. The van der Waals surface area contributed by atoms with Gasteiger partial charge in [0.15, 0.2) is 10.9 Å². The van der Waals surface area contributed by atoms with E-state index in [0.717, 1.165) is 11.3 Å². The SMILES string of the molecule is N#Cc1ccc(C(=O)c2sc(NC(=O)O)nc2-c2ccco2)cc1. The van der Waals surface area contributed by atoms with Crippen molar-refractivity contribution in [2.75, 3.05) is 5.32 Å². The topological polar surface area (TPSA) is 116 Å². The molecular weight excluding hydrogens is 330 g/mol. The minimum absolute atomic E-state index is 0.0749. The van der Waals surface area contributed by atoms with Crippen LogP contribution in [0.15, 0.2) is 47.1 Å². The lowest BCUT2D eigenvalue weighted by Crippen LogP contribution is -2.06. The second kappa shape index (κ2) is 6.36. The lowest BCUT2D eigenvalue weighted by molar-refractivity contribution is 0.104. The largest absolute Gasteiger partial charge is 0.465 e. The number of nitriles is 1. The Balaban J connectivity index is 2.04. The molecule has 1 aromatic carbocycles. The van der Waals surface area contributed by atoms with E-state index in [-0.39, 0.29) is 21.5 Å². The summed E-state index contributed by atoms with van der Waals surface area (Å²) >= 11 is 0.921. The van der Waals surface area contributed by atoms with Gasteiger partial charge in [0, 0.05) is 5.56 Å². The third kappa shape index (κ3) is 3.02. The van der Waals surface area contributed by atoms with E-state index in [9.17, 15) is 9.59 Å². The van der Waals surface area contributed by atoms with Gasteiger partial charge in [-0.05, 0) is 36.4 Å². The molecule has 2 heterocycles. The van der Waals surface area contributed by atoms with Crippen molar-refractivity contribution < 1.29 is 19.1 Å². The van der Waals surface area contributed by atoms with Crippen LogP contribution in [0.5, 0.6) is 0 Å². The van der Waals surface area contributed by atoms with Crippen molar-refractivity contribution in [3.05, 3.63) is 58.7 Å². The van der Waals surface area contributed by atoms with E-state index in [0.29, 0.717) is 16.9 Å². The van der Waals surface area contributed by atoms with E-state index in [1.165, 1.54) is 30.5 Å². The Morgan fingerprint density at radius 2 is 2.00 bits per heavy atom. The second-order valence-corrected chi connectivity index (χ2v) is 5.62. The van der Waals surface area contributed by atoms with E-state index in [1.807, 2.05) is 6.07 Å². The highest BCUT2D eigenvalue weighted by molar-refractivity contribution is 7.18. The normalized spacial score (nSPS) is 10.1. The molecule has 1 amide bonds. The fraction of sp³-hybridized carbons (Fsp3) is 0. The van der Waals surface area contributed by atoms with E-state index in [2.05, 4.69) is 10.3 Å². The van der Waals surface area contributed by atoms with Crippen LogP contribution in [0.25, 0.3) is 11.5 Å². The number of carboxylic acid groups (broad SMARTS) is 1. The van der Waals surface area contributed by atoms with Gasteiger partial charge in [-0.25, -0.2) is 9.78 Å². The Morgan fingerprint density at radius 1 is 1.25 bits per heavy atom. The Hall–Kier alpha value is -3.44. The highest BCUT2D eigenvalue weighted by Crippen LogP contribution is 2.33. The zero-order valence-corrected chi connectivity index (χ0v) is 12.8. The molecule has 0 saturated heterocycles. The highest BCUT2D eigenvalue weighted by atomic mass is 32.1. The quantitative estimate of drug-likeness (QED) is 0.702. The highest BCUT2D eigenvalue weighted by Gasteiger charge is 2.23. The standard InChI is InChI=1S/C16H9N3O4S/c17-8-9-3-5-10(6-4-9)13(20)14-12(11-2-1-7-23-11)18-15(24-14)19-16(21)22/h1-7H,(H,18,19)(H,21,22). The first-order valence-electron chi connectivity index (χ1n) is 6.68. The fourth-order valence-electron chi connectivity index (χ4n) is 2.03. The molecule has 24 heavy (non-hydrogen) atoms. The number of carbonyl (C=O) groups is 2. The summed E-state index contributed by atoms with van der Waals surface area (Å²) in [7, 11) is 0. The lowest BCUT2D eigenvalue weighted by Gasteiger charge is -2.00. The number of rotatable bonds is 4. The molecule has 0 aliphatic rings. The van der Waals surface area contributed by atoms with Crippen LogP contribution in [0.2, 0.25) is 0 Å². The third-order valence-electron chi connectivity index (χ3n) is 3.08. The zero-order chi connectivity index (χ0) is 17.1. The summed E-state index contributed by atoms with van der Waals surface area (Å²) in [6.45, 7) is 0. The molecule has 7 nitrogen and oxygen atoms in total. The predicted molar refractivity (Wildman–Crippen MR) is 86.1 cm³/mol. The van der Waals surface area contributed by atoms with Gasteiger partial charge in [-0.3, -0.25) is 10.1 Å².